The van der Waals surface area contributed by atoms with Gasteiger partial charge in [0.25, 0.3) is 5.91 Å². The van der Waals surface area contributed by atoms with Crippen LogP contribution in [-0.2, 0) is 4.74 Å². The van der Waals surface area contributed by atoms with E-state index in [1.54, 1.807) is 23.1 Å². The molecule has 1 aromatic heterocycles. The standard InChI is InChI=1S/C24H27N3O5S/c1-2-30-19-4-3-5-21-22(19)25-24(33-21)27(9-8-26-10-12-29-13-11-26)23(28)17-6-7-18-20(16-17)32-15-14-31-18/h3-7,16H,2,8-15H2,1H3. The van der Waals surface area contributed by atoms with Gasteiger partial charge in [0.2, 0.25) is 0 Å². The van der Waals surface area contributed by atoms with Gasteiger partial charge in [0.1, 0.15) is 24.5 Å². The van der Waals surface area contributed by atoms with E-state index in [9.17, 15) is 4.79 Å². The molecule has 0 atom stereocenters. The van der Waals surface area contributed by atoms with E-state index in [1.807, 2.05) is 25.1 Å². The number of fused-ring (bicyclic) bond motifs is 2. The van der Waals surface area contributed by atoms with Crippen LogP contribution in [0.15, 0.2) is 36.4 Å². The Morgan fingerprint density at radius 2 is 1.94 bits per heavy atom. The molecular formula is C24H27N3O5S. The van der Waals surface area contributed by atoms with E-state index in [2.05, 4.69) is 4.90 Å². The van der Waals surface area contributed by atoms with Crippen molar-refractivity contribution in [2.75, 3.05) is 64.1 Å². The van der Waals surface area contributed by atoms with Crippen LogP contribution in [0.2, 0.25) is 0 Å². The maximum atomic E-state index is 13.7. The summed E-state index contributed by atoms with van der Waals surface area (Å²) in [4.78, 5) is 22.6. The quantitative estimate of drug-likeness (QED) is 0.525. The summed E-state index contributed by atoms with van der Waals surface area (Å²) in [5.74, 6) is 1.89. The molecule has 0 saturated carbocycles. The van der Waals surface area contributed by atoms with Crippen LogP contribution >= 0.6 is 11.3 Å². The summed E-state index contributed by atoms with van der Waals surface area (Å²) in [7, 11) is 0. The number of aromatic nitrogens is 1. The molecule has 0 spiro atoms. The number of rotatable bonds is 7. The number of carbonyl (C=O) groups excluding carboxylic acids is 1. The van der Waals surface area contributed by atoms with Crippen molar-refractivity contribution in [3.63, 3.8) is 0 Å². The van der Waals surface area contributed by atoms with Gasteiger partial charge in [-0.2, -0.15) is 0 Å². The van der Waals surface area contributed by atoms with Crippen molar-refractivity contribution in [3.8, 4) is 17.2 Å². The highest BCUT2D eigenvalue weighted by Crippen LogP contribution is 2.36. The molecule has 33 heavy (non-hydrogen) atoms. The zero-order chi connectivity index (χ0) is 22.6. The number of amides is 1. The Labute approximate surface area is 196 Å². The van der Waals surface area contributed by atoms with E-state index < -0.39 is 0 Å². The number of para-hydroxylation sites is 1. The minimum atomic E-state index is -0.114. The predicted molar refractivity (Wildman–Crippen MR) is 127 cm³/mol. The molecule has 0 bridgehead atoms. The van der Waals surface area contributed by atoms with Gasteiger partial charge in [-0.1, -0.05) is 17.4 Å². The van der Waals surface area contributed by atoms with E-state index in [0.717, 1.165) is 48.8 Å². The first kappa shape index (κ1) is 21.9. The normalized spacial score (nSPS) is 16.0. The molecule has 1 fully saturated rings. The van der Waals surface area contributed by atoms with Crippen LogP contribution in [0.3, 0.4) is 0 Å². The predicted octanol–water partition coefficient (Wildman–Crippen LogP) is 3.45. The summed E-state index contributed by atoms with van der Waals surface area (Å²) >= 11 is 1.50. The maximum absolute atomic E-state index is 13.7. The van der Waals surface area contributed by atoms with Crippen molar-refractivity contribution >= 4 is 32.6 Å². The molecule has 8 nitrogen and oxygen atoms in total. The lowest BCUT2D eigenvalue weighted by molar-refractivity contribution is 0.0391. The van der Waals surface area contributed by atoms with Crippen LogP contribution in [0.4, 0.5) is 5.13 Å². The third kappa shape index (κ3) is 4.75. The minimum absolute atomic E-state index is 0.114. The second-order valence-electron chi connectivity index (χ2n) is 7.80. The molecule has 0 radical (unpaired) electrons. The first-order chi connectivity index (χ1) is 16.2. The molecule has 3 aromatic rings. The molecule has 2 aliphatic rings. The SMILES string of the molecule is CCOc1cccc2sc(N(CCN3CCOCC3)C(=O)c3ccc4c(c3)OCCO4)nc12. The molecule has 1 amide bonds. The molecule has 3 heterocycles. The van der Waals surface area contributed by atoms with E-state index in [-0.39, 0.29) is 5.91 Å². The summed E-state index contributed by atoms with van der Waals surface area (Å²) in [6, 6.07) is 11.2. The Hall–Kier alpha value is -2.88. The highest BCUT2D eigenvalue weighted by atomic mass is 32.1. The van der Waals surface area contributed by atoms with Gasteiger partial charge in [0, 0.05) is 31.7 Å². The Kier molecular flexibility index (Phi) is 6.61. The van der Waals surface area contributed by atoms with Gasteiger partial charge in [0.05, 0.1) is 24.5 Å². The van der Waals surface area contributed by atoms with Gasteiger partial charge in [-0.05, 0) is 37.3 Å². The smallest absolute Gasteiger partial charge is 0.260 e. The maximum Gasteiger partial charge on any atom is 0.260 e. The summed E-state index contributed by atoms with van der Waals surface area (Å²) in [5.41, 5.74) is 1.33. The average Bonchev–Trinajstić information content (AvgIpc) is 3.29. The summed E-state index contributed by atoms with van der Waals surface area (Å²) in [6.07, 6.45) is 0. The third-order valence-electron chi connectivity index (χ3n) is 5.68. The first-order valence-electron chi connectivity index (χ1n) is 11.3. The number of morpholine rings is 1. The van der Waals surface area contributed by atoms with Crippen LogP contribution in [0.5, 0.6) is 17.2 Å². The Bertz CT molecular complexity index is 1130. The van der Waals surface area contributed by atoms with Gasteiger partial charge < -0.3 is 18.9 Å². The fraction of sp³-hybridized carbons (Fsp3) is 0.417. The van der Waals surface area contributed by atoms with Gasteiger partial charge in [-0.25, -0.2) is 4.98 Å². The highest BCUT2D eigenvalue weighted by Gasteiger charge is 2.25. The molecule has 0 aliphatic carbocycles. The van der Waals surface area contributed by atoms with Crippen molar-refractivity contribution in [3.05, 3.63) is 42.0 Å². The number of thiazole rings is 1. The lowest BCUT2D eigenvalue weighted by atomic mass is 10.1. The molecule has 9 heteroatoms. The number of nitrogens with zero attached hydrogens (tertiary/aromatic N) is 3. The topological polar surface area (TPSA) is 73.4 Å². The Morgan fingerprint density at radius 3 is 2.76 bits per heavy atom. The fourth-order valence-corrected chi connectivity index (χ4v) is 4.99. The number of anilines is 1. The molecule has 0 unspecified atom stereocenters. The first-order valence-corrected chi connectivity index (χ1v) is 12.1. The Morgan fingerprint density at radius 1 is 1.12 bits per heavy atom. The van der Waals surface area contributed by atoms with Gasteiger partial charge >= 0.3 is 0 Å². The minimum Gasteiger partial charge on any atom is -0.492 e. The Balaban J connectivity index is 1.47. The second-order valence-corrected chi connectivity index (χ2v) is 8.81. The average molecular weight is 470 g/mol. The number of hydrogen-bond donors (Lipinski definition) is 0. The van der Waals surface area contributed by atoms with Crippen LogP contribution in [0.1, 0.15) is 17.3 Å². The summed E-state index contributed by atoms with van der Waals surface area (Å²) in [6.45, 7) is 7.92. The number of carbonyl (C=O) groups is 1. The van der Waals surface area contributed by atoms with Crippen LogP contribution < -0.4 is 19.1 Å². The van der Waals surface area contributed by atoms with Crippen LogP contribution in [0.25, 0.3) is 10.2 Å². The zero-order valence-corrected chi connectivity index (χ0v) is 19.4. The van der Waals surface area contributed by atoms with Gasteiger partial charge in [-0.15, -0.1) is 0 Å². The van der Waals surface area contributed by atoms with Crippen molar-refractivity contribution < 1.29 is 23.7 Å². The molecule has 5 rings (SSSR count). The molecule has 2 aliphatic heterocycles. The van der Waals surface area contributed by atoms with E-state index in [0.29, 0.717) is 48.6 Å². The van der Waals surface area contributed by atoms with E-state index >= 15 is 0 Å². The number of ether oxygens (including phenoxy) is 4. The van der Waals surface area contributed by atoms with Crippen molar-refractivity contribution in [2.24, 2.45) is 0 Å². The zero-order valence-electron chi connectivity index (χ0n) is 18.6. The second kappa shape index (κ2) is 9.94. The monoisotopic (exact) mass is 469 g/mol. The number of hydrogen-bond acceptors (Lipinski definition) is 8. The van der Waals surface area contributed by atoms with E-state index in [1.165, 1.54) is 11.3 Å². The lowest BCUT2D eigenvalue weighted by Crippen LogP contribution is -2.43. The van der Waals surface area contributed by atoms with E-state index in [4.69, 9.17) is 23.9 Å². The van der Waals surface area contributed by atoms with Gasteiger partial charge in [-0.3, -0.25) is 14.6 Å². The third-order valence-corrected chi connectivity index (χ3v) is 6.72. The van der Waals surface area contributed by atoms with Crippen LogP contribution in [-0.4, -0.2) is 75.0 Å². The molecule has 174 valence electrons. The highest BCUT2D eigenvalue weighted by molar-refractivity contribution is 7.22. The number of benzene rings is 2. The van der Waals surface area contributed by atoms with Gasteiger partial charge in [0.15, 0.2) is 16.6 Å². The summed E-state index contributed by atoms with van der Waals surface area (Å²) < 4.78 is 23.5. The van der Waals surface area contributed by atoms with Crippen molar-refractivity contribution in [1.82, 2.24) is 9.88 Å². The van der Waals surface area contributed by atoms with Crippen molar-refractivity contribution in [1.29, 1.82) is 0 Å². The van der Waals surface area contributed by atoms with Crippen molar-refractivity contribution in [2.45, 2.75) is 6.92 Å². The molecule has 0 N–H and O–H groups in total. The molecule has 2 aromatic carbocycles. The molecular weight excluding hydrogens is 442 g/mol. The molecule has 1 saturated heterocycles. The fourth-order valence-electron chi connectivity index (χ4n) is 3.98. The lowest BCUT2D eigenvalue weighted by Gasteiger charge is -2.29. The summed E-state index contributed by atoms with van der Waals surface area (Å²) in [5, 5.41) is 0.658. The van der Waals surface area contributed by atoms with Crippen LogP contribution in [0, 0.1) is 0 Å². The largest absolute Gasteiger partial charge is 0.492 e.